The smallest absolute Gasteiger partial charge is 0.00494 e. The molecule has 1 rings (SSSR count). The van der Waals surface area contributed by atoms with Crippen molar-refractivity contribution in [3.8, 4) is 0 Å². The van der Waals surface area contributed by atoms with Crippen LogP contribution in [0, 0.1) is 11.8 Å². The van der Waals surface area contributed by atoms with Crippen molar-refractivity contribution in [2.45, 2.75) is 38.9 Å². The van der Waals surface area contributed by atoms with E-state index in [0.717, 1.165) is 17.1 Å². The van der Waals surface area contributed by atoms with Crippen LogP contribution in [0.2, 0.25) is 0 Å². The molecule has 2 unspecified atom stereocenters. The van der Waals surface area contributed by atoms with Crippen LogP contribution in [0.15, 0.2) is 0 Å². The van der Waals surface area contributed by atoms with Crippen LogP contribution in [0.5, 0.6) is 0 Å². The third-order valence-electron chi connectivity index (χ3n) is 2.52. The first-order valence-corrected chi connectivity index (χ1v) is 5.38. The second kappa shape index (κ2) is 3.66. The number of thioether (sulfide) groups is 1. The van der Waals surface area contributed by atoms with Crippen molar-refractivity contribution in [2.75, 3.05) is 5.75 Å². The summed E-state index contributed by atoms with van der Waals surface area (Å²) in [5, 5.41) is 0.911. The van der Waals surface area contributed by atoms with Crippen molar-refractivity contribution in [1.29, 1.82) is 0 Å². The largest absolute Gasteiger partial charge is 0.159 e. The van der Waals surface area contributed by atoms with Crippen LogP contribution in [-0.2, 0) is 0 Å². The van der Waals surface area contributed by atoms with E-state index in [4.69, 9.17) is 0 Å². The predicted octanol–water partition coefficient (Wildman–Crippen LogP) is 3.17. The first-order chi connectivity index (χ1) is 4.72. The van der Waals surface area contributed by atoms with Gasteiger partial charge < -0.3 is 0 Å². The van der Waals surface area contributed by atoms with Crippen LogP contribution in [0.1, 0.15) is 33.6 Å². The molecule has 0 saturated carbocycles. The SMILES string of the molecule is CC(C)C1CCCSC1C. The van der Waals surface area contributed by atoms with Gasteiger partial charge in [-0.2, -0.15) is 11.8 Å². The Kier molecular flexibility index (Phi) is 3.09. The number of hydrogen-bond donors (Lipinski definition) is 0. The molecule has 0 amide bonds. The van der Waals surface area contributed by atoms with Gasteiger partial charge in [0.2, 0.25) is 0 Å². The lowest BCUT2D eigenvalue weighted by Gasteiger charge is -2.31. The molecule has 1 saturated heterocycles. The van der Waals surface area contributed by atoms with Crippen molar-refractivity contribution < 1.29 is 0 Å². The van der Waals surface area contributed by atoms with Crippen molar-refractivity contribution in [3.63, 3.8) is 0 Å². The quantitative estimate of drug-likeness (QED) is 0.565. The first kappa shape index (κ1) is 8.45. The highest BCUT2D eigenvalue weighted by atomic mass is 32.2. The molecule has 60 valence electrons. The molecule has 0 radical (unpaired) electrons. The minimum absolute atomic E-state index is 0.891. The fourth-order valence-corrected chi connectivity index (χ4v) is 3.22. The van der Waals surface area contributed by atoms with E-state index in [1.165, 1.54) is 18.6 Å². The van der Waals surface area contributed by atoms with Gasteiger partial charge in [0.05, 0.1) is 0 Å². The predicted molar refractivity (Wildman–Crippen MR) is 49.5 cm³/mol. The van der Waals surface area contributed by atoms with Gasteiger partial charge in [0, 0.05) is 5.25 Å². The molecule has 0 aromatic rings. The van der Waals surface area contributed by atoms with Crippen LogP contribution in [0.3, 0.4) is 0 Å². The second-order valence-electron chi connectivity index (χ2n) is 3.63. The third-order valence-corrected chi connectivity index (χ3v) is 3.92. The van der Waals surface area contributed by atoms with Gasteiger partial charge in [-0.25, -0.2) is 0 Å². The first-order valence-electron chi connectivity index (χ1n) is 4.33. The Morgan fingerprint density at radius 3 is 2.50 bits per heavy atom. The molecule has 1 aliphatic heterocycles. The Morgan fingerprint density at radius 2 is 2.10 bits per heavy atom. The van der Waals surface area contributed by atoms with Crippen LogP contribution in [0.25, 0.3) is 0 Å². The van der Waals surface area contributed by atoms with E-state index in [-0.39, 0.29) is 0 Å². The Bertz CT molecular complexity index is 98.9. The van der Waals surface area contributed by atoms with Gasteiger partial charge in [0.1, 0.15) is 0 Å². The normalized spacial score (nSPS) is 34.8. The molecule has 0 nitrogen and oxygen atoms in total. The highest BCUT2D eigenvalue weighted by Gasteiger charge is 2.23. The minimum atomic E-state index is 0.891. The van der Waals surface area contributed by atoms with Crippen molar-refractivity contribution in [2.24, 2.45) is 11.8 Å². The maximum absolute atomic E-state index is 2.38. The Labute approximate surface area is 68.8 Å². The van der Waals surface area contributed by atoms with Gasteiger partial charge in [-0.1, -0.05) is 20.8 Å². The van der Waals surface area contributed by atoms with Gasteiger partial charge in [-0.15, -0.1) is 0 Å². The zero-order chi connectivity index (χ0) is 7.56. The molecule has 0 aromatic carbocycles. The number of rotatable bonds is 1. The third kappa shape index (κ3) is 1.91. The van der Waals surface area contributed by atoms with Crippen molar-refractivity contribution in [1.82, 2.24) is 0 Å². The lowest BCUT2D eigenvalue weighted by molar-refractivity contribution is 0.347. The van der Waals surface area contributed by atoms with Gasteiger partial charge >= 0.3 is 0 Å². The molecule has 10 heavy (non-hydrogen) atoms. The molecule has 1 heterocycles. The topological polar surface area (TPSA) is 0 Å². The van der Waals surface area contributed by atoms with Crippen LogP contribution in [0.4, 0.5) is 0 Å². The van der Waals surface area contributed by atoms with E-state index in [0.29, 0.717) is 0 Å². The minimum Gasteiger partial charge on any atom is -0.159 e. The average Bonchev–Trinajstić information content (AvgIpc) is 1.88. The molecule has 1 fully saturated rings. The van der Waals surface area contributed by atoms with Gasteiger partial charge in [-0.3, -0.25) is 0 Å². The monoisotopic (exact) mass is 158 g/mol. The second-order valence-corrected chi connectivity index (χ2v) is 5.11. The van der Waals surface area contributed by atoms with E-state index in [2.05, 4.69) is 32.5 Å². The van der Waals surface area contributed by atoms with E-state index >= 15 is 0 Å². The fraction of sp³-hybridized carbons (Fsp3) is 1.00. The summed E-state index contributed by atoms with van der Waals surface area (Å²) in [6, 6.07) is 0. The van der Waals surface area contributed by atoms with Gasteiger partial charge in [-0.05, 0) is 30.4 Å². The van der Waals surface area contributed by atoms with Crippen molar-refractivity contribution >= 4 is 11.8 Å². The zero-order valence-electron chi connectivity index (χ0n) is 7.26. The van der Waals surface area contributed by atoms with E-state index in [1.807, 2.05) is 0 Å². The summed E-state index contributed by atoms with van der Waals surface area (Å²) in [6.45, 7) is 7.09. The summed E-state index contributed by atoms with van der Waals surface area (Å²) in [7, 11) is 0. The molecule has 1 heteroatoms. The lowest BCUT2D eigenvalue weighted by Crippen LogP contribution is -2.24. The molecule has 2 atom stereocenters. The molecular formula is C9H18S. The van der Waals surface area contributed by atoms with Crippen LogP contribution < -0.4 is 0 Å². The maximum Gasteiger partial charge on any atom is 0.00494 e. The summed E-state index contributed by atoms with van der Waals surface area (Å²) in [5.74, 6) is 3.27. The Hall–Kier alpha value is 0.350. The highest BCUT2D eigenvalue weighted by molar-refractivity contribution is 7.99. The summed E-state index contributed by atoms with van der Waals surface area (Å²) in [4.78, 5) is 0. The molecule has 0 bridgehead atoms. The molecule has 0 spiro atoms. The van der Waals surface area contributed by atoms with E-state index in [9.17, 15) is 0 Å². The molecule has 0 aromatic heterocycles. The summed E-state index contributed by atoms with van der Waals surface area (Å²) >= 11 is 2.15. The lowest BCUT2D eigenvalue weighted by atomic mass is 9.88. The average molecular weight is 158 g/mol. The molecular weight excluding hydrogens is 140 g/mol. The Morgan fingerprint density at radius 1 is 1.40 bits per heavy atom. The van der Waals surface area contributed by atoms with Gasteiger partial charge in [0.25, 0.3) is 0 Å². The maximum atomic E-state index is 2.38. The summed E-state index contributed by atoms with van der Waals surface area (Å²) in [6.07, 6.45) is 2.91. The standard InChI is InChI=1S/C9H18S/c1-7(2)9-5-4-6-10-8(9)3/h7-9H,4-6H2,1-3H3. The molecule has 1 aliphatic rings. The van der Waals surface area contributed by atoms with Crippen LogP contribution >= 0.6 is 11.8 Å². The summed E-state index contributed by atoms with van der Waals surface area (Å²) < 4.78 is 0. The summed E-state index contributed by atoms with van der Waals surface area (Å²) in [5.41, 5.74) is 0. The zero-order valence-corrected chi connectivity index (χ0v) is 8.08. The van der Waals surface area contributed by atoms with Crippen LogP contribution in [-0.4, -0.2) is 11.0 Å². The molecule has 0 aliphatic carbocycles. The molecule has 0 N–H and O–H groups in total. The number of hydrogen-bond acceptors (Lipinski definition) is 1. The van der Waals surface area contributed by atoms with Crippen molar-refractivity contribution in [3.05, 3.63) is 0 Å². The highest BCUT2D eigenvalue weighted by Crippen LogP contribution is 2.34. The van der Waals surface area contributed by atoms with Gasteiger partial charge in [0.15, 0.2) is 0 Å². The van der Waals surface area contributed by atoms with E-state index < -0.39 is 0 Å². The fourth-order valence-electron chi connectivity index (χ4n) is 1.82. The van der Waals surface area contributed by atoms with E-state index in [1.54, 1.807) is 0 Å². The Balaban J connectivity index is 2.40.